The van der Waals surface area contributed by atoms with Gasteiger partial charge in [-0.2, -0.15) is 0 Å². The van der Waals surface area contributed by atoms with Crippen molar-refractivity contribution in [3.05, 3.63) is 143 Å². The lowest BCUT2D eigenvalue weighted by Crippen LogP contribution is -2.46. The Morgan fingerprint density at radius 2 is 1.43 bits per heavy atom. The number of carboxylic acids is 1. The Balaban J connectivity index is 1.10. The van der Waals surface area contributed by atoms with Crippen molar-refractivity contribution >= 4 is 23.3 Å². The average molecular weight is 605 g/mol. The van der Waals surface area contributed by atoms with Gasteiger partial charge >= 0.3 is 5.97 Å². The molecule has 1 aliphatic heterocycles. The van der Waals surface area contributed by atoms with E-state index >= 15 is 0 Å². The average Bonchev–Trinajstić information content (AvgIpc) is 3.06. The number of carboxylic acid groups (broad SMARTS) is 1. The minimum absolute atomic E-state index is 0.121. The number of anilines is 1. The van der Waals surface area contributed by atoms with Gasteiger partial charge in [-0.05, 0) is 70.8 Å². The van der Waals surface area contributed by atoms with Crippen molar-refractivity contribution in [3.8, 4) is 28.4 Å². The molecule has 0 unspecified atom stereocenters. The van der Waals surface area contributed by atoms with Crippen molar-refractivity contribution in [2.45, 2.75) is 13.2 Å². The van der Waals surface area contributed by atoms with E-state index in [0.29, 0.717) is 23.9 Å². The molecule has 0 radical (unpaired) electrons. The smallest absolute Gasteiger partial charge is 0.339 e. The van der Waals surface area contributed by atoms with Crippen LogP contribution in [0.15, 0.2) is 121 Å². The fourth-order valence-electron chi connectivity index (χ4n) is 5.41. The Morgan fingerprint density at radius 1 is 0.750 bits per heavy atom. The van der Waals surface area contributed by atoms with Crippen LogP contribution in [0.1, 0.15) is 21.5 Å². The van der Waals surface area contributed by atoms with Crippen molar-refractivity contribution < 1.29 is 19.4 Å². The van der Waals surface area contributed by atoms with Crippen LogP contribution in [0.3, 0.4) is 0 Å². The number of nitrogens with zero attached hydrogens (tertiary/aromatic N) is 2. The van der Waals surface area contributed by atoms with Crippen LogP contribution >= 0.6 is 11.6 Å². The van der Waals surface area contributed by atoms with E-state index in [1.807, 2.05) is 66.7 Å². The predicted octanol–water partition coefficient (Wildman–Crippen LogP) is 8.40. The van der Waals surface area contributed by atoms with Crippen LogP contribution in [0, 0.1) is 0 Å². The van der Waals surface area contributed by atoms with Gasteiger partial charge in [0.15, 0.2) is 0 Å². The van der Waals surface area contributed by atoms with Crippen LogP contribution < -0.4 is 14.4 Å². The van der Waals surface area contributed by atoms with Gasteiger partial charge in [0.25, 0.3) is 0 Å². The minimum Gasteiger partial charge on any atom is -0.489 e. The molecule has 1 fully saturated rings. The van der Waals surface area contributed by atoms with Crippen molar-refractivity contribution in [2.24, 2.45) is 0 Å². The molecule has 7 heteroatoms. The standard InChI is InChI=1S/C37H33ClN2O4/c38-30-12-10-28(11-13-30)34-9-5-4-8-29(34)25-39-20-22-40(23-21-39)31-14-19-35(37(41)42)36(24-31)44-33-17-15-32(16-18-33)43-26-27-6-2-1-3-7-27/h1-19,24H,20-23,25-26H2,(H,41,42). The van der Waals surface area contributed by atoms with Gasteiger partial charge in [-0.3, -0.25) is 4.90 Å². The van der Waals surface area contributed by atoms with Crippen molar-refractivity contribution in [1.29, 1.82) is 0 Å². The lowest BCUT2D eigenvalue weighted by Gasteiger charge is -2.36. The van der Waals surface area contributed by atoms with Gasteiger partial charge < -0.3 is 19.5 Å². The van der Waals surface area contributed by atoms with Gasteiger partial charge in [0.1, 0.15) is 29.4 Å². The van der Waals surface area contributed by atoms with E-state index in [1.54, 1.807) is 18.2 Å². The van der Waals surface area contributed by atoms with E-state index in [1.165, 1.54) is 11.1 Å². The summed E-state index contributed by atoms with van der Waals surface area (Å²) in [5, 5.41) is 10.6. The van der Waals surface area contributed by atoms with Crippen LogP contribution in [0.25, 0.3) is 11.1 Å². The molecule has 222 valence electrons. The molecule has 1 N–H and O–H groups in total. The molecule has 5 aromatic rings. The first kappa shape index (κ1) is 29.3. The Bertz CT molecular complexity index is 1700. The van der Waals surface area contributed by atoms with E-state index in [4.69, 9.17) is 21.1 Å². The molecule has 0 bridgehead atoms. The van der Waals surface area contributed by atoms with Crippen LogP contribution in [0.4, 0.5) is 5.69 Å². The molecule has 0 amide bonds. The highest BCUT2D eigenvalue weighted by Crippen LogP contribution is 2.32. The second-order valence-corrected chi connectivity index (χ2v) is 11.2. The molecular formula is C37H33ClN2O4. The lowest BCUT2D eigenvalue weighted by molar-refractivity contribution is 0.0694. The fraction of sp³-hybridized carbons (Fsp3) is 0.162. The number of hydrogen-bond acceptors (Lipinski definition) is 5. The van der Waals surface area contributed by atoms with Gasteiger partial charge in [-0.25, -0.2) is 4.79 Å². The Labute approximate surface area is 262 Å². The van der Waals surface area contributed by atoms with Gasteiger partial charge in [0.05, 0.1) is 0 Å². The highest BCUT2D eigenvalue weighted by Gasteiger charge is 2.21. The molecule has 0 saturated carbocycles. The van der Waals surface area contributed by atoms with Crippen LogP contribution in [0.2, 0.25) is 5.02 Å². The summed E-state index contributed by atoms with van der Waals surface area (Å²) in [6.45, 7) is 4.73. The number of benzene rings is 5. The molecule has 0 aromatic heterocycles. The van der Waals surface area contributed by atoms with E-state index < -0.39 is 5.97 Å². The summed E-state index contributed by atoms with van der Waals surface area (Å²) in [5.74, 6) is 0.536. The second kappa shape index (κ2) is 13.7. The zero-order valence-electron chi connectivity index (χ0n) is 24.2. The fourth-order valence-corrected chi connectivity index (χ4v) is 5.54. The van der Waals surface area contributed by atoms with Crippen molar-refractivity contribution in [3.63, 3.8) is 0 Å². The van der Waals surface area contributed by atoms with Gasteiger partial charge in [-0.15, -0.1) is 0 Å². The van der Waals surface area contributed by atoms with Gasteiger partial charge in [0, 0.05) is 49.5 Å². The normalized spacial score (nSPS) is 13.4. The molecule has 0 atom stereocenters. The Kier molecular flexibility index (Phi) is 9.11. The highest BCUT2D eigenvalue weighted by molar-refractivity contribution is 6.30. The number of aromatic carboxylic acids is 1. The Hall–Kier alpha value is -4.78. The first-order chi connectivity index (χ1) is 21.5. The number of ether oxygens (including phenoxy) is 2. The quantitative estimate of drug-likeness (QED) is 0.173. The summed E-state index contributed by atoms with van der Waals surface area (Å²) in [7, 11) is 0. The summed E-state index contributed by atoms with van der Waals surface area (Å²) in [5.41, 5.74) is 5.79. The maximum absolute atomic E-state index is 12.0. The molecule has 44 heavy (non-hydrogen) atoms. The number of carbonyl (C=O) groups is 1. The van der Waals surface area contributed by atoms with Crippen LogP contribution in [-0.4, -0.2) is 42.2 Å². The van der Waals surface area contributed by atoms with Gasteiger partial charge in [0.2, 0.25) is 0 Å². The summed E-state index contributed by atoms with van der Waals surface area (Å²) in [4.78, 5) is 16.7. The number of piperazine rings is 1. The molecule has 1 heterocycles. The third-order valence-electron chi connectivity index (χ3n) is 7.80. The molecule has 5 aromatic carbocycles. The first-order valence-corrected chi connectivity index (χ1v) is 15.0. The summed E-state index contributed by atoms with van der Waals surface area (Å²) < 4.78 is 12.0. The first-order valence-electron chi connectivity index (χ1n) is 14.6. The summed E-state index contributed by atoms with van der Waals surface area (Å²) in [6.07, 6.45) is 0. The molecule has 1 aliphatic rings. The van der Waals surface area contributed by atoms with Crippen molar-refractivity contribution in [1.82, 2.24) is 4.90 Å². The largest absolute Gasteiger partial charge is 0.489 e. The maximum Gasteiger partial charge on any atom is 0.339 e. The number of rotatable bonds is 10. The highest BCUT2D eigenvalue weighted by atomic mass is 35.5. The van der Waals surface area contributed by atoms with Crippen molar-refractivity contribution in [2.75, 3.05) is 31.1 Å². The van der Waals surface area contributed by atoms with E-state index in [9.17, 15) is 9.90 Å². The van der Waals surface area contributed by atoms with E-state index in [2.05, 4.69) is 46.2 Å². The topological polar surface area (TPSA) is 62.2 Å². The van der Waals surface area contributed by atoms with E-state index in [-0.39, 0.29) is 5.56 Å². The second-order valence-electron chi connectivity index (χ2n) is 10.8. The summed E-state index contributed by atoms with van der Waals surface area (Å²) in [6, 6.07) is 39.0. The molecule has 0 aliphatic carbocycles. The van der Waals surface area contributed by atoms with E-state index in [0.717, 1.165) is 54.6 Å². The third kappa shape index (κ3) is 7.22. The SMILES string of the molecule is O=C(O)c1ccc(N2CCN(Cc3ccccc3-c3ccc(Cl)cc3)CC2)cc1Oc1ccc(OCc2ccccc2)cc1. The number of hydrogen-bond donors (Lipinski definition) is 1. The lowest BCUT2D eigenvalue weighted by atomic mass is 9.99. The zero-order chi connectivity index (χ0) is 30.3. The minimum atomic E-state index is -1.03. The predicted molar refractivity (Wildman–Crippen MR) is 175 cm³/mol. The number of halogens is 1. The zero-order valence-corrected chi connectivity index (χ0v) is 25.0. The molecule has 6 rings (SSSR count). The summed E-state index contributed by atoms with van der Waals surface area (Å²) >= 11 is 6.11. The van der Waals surface area contributed by atoms with Crippen LogP contribution in [0.5, 0.6) is 17.2 Å². The monoisotopic (exact) mass is 604 g/mol. The van der Waals surface area contributed by atoms with Gasteiger partial charge in [-0.1, -0.05) is 78.3 Å². The third-order valence-corrected chi connectivity index (χ3v) is 8.05. The maximum atomic E-state index is 12.0. The molecule has 6 nitrogen and oxygen atoms in total. The molecule has 1 saturated heterocycles. The Morgan fingerprint density at radius 3 is 2.16 bits per heavy atom. The molecule has 0 spiro atoms. The molecular weight excluding hydrogens is 572 g/mol. The van der Waals surface area contributed by atoms with Crippen LogP contribution in [-0.2, 0) is 13.2 Å².